The van der Waals surface area contributed by atoms with E-state index in [0.717, 1.165) is 16.7 Å². The van der Waals surface area contributed by atoms with E-state index >= 15 is 0 Å². The molecule has 0 radical (unpaired) electrons. The molecule has 158 valence electrons. The van der Waals surface area contributed by atoms with E-state index in [2.05, 4.69) is 0 Å². The normalized spacial score (nSPS) is 18.4. The number of esters is 1. The maximum atomic E-state index is 13.1. The van der Waals surface area contributed by atoms with Crippen LogP contribution >= 0.6 is 0 Å². The highest BCUT2D eigenvalue weighted by Crippen LogP contribution is 2.46. The molecule has 0 spiro atoms. The third-order valence-corrected chi connectivity index (χ3v) is 5.28. The van der Waals surface area contributed by atoms with Gasteiger partial charge in [-0.25, -0.2) is 0 Å². The molecule has 6 heteroatoms. The Morgan fingerprint density at radius 3 is 2.47 bits per heavy atom. The summed E-state index contributed by atoms with van der Waals surface area (Å²) in [7, 11) is 4.70. The second-order valence-electron chi connectivity index (χ2n) is 6.93. The molecule has 1 aliphatic carbocycles. The monoisotopic (exact) mass is 410 g/mol. The summed E-state index contributed by atoms with van der Waals surface area (Å²) in [6, 6.07) is 13.0. The lowest BCUT2D eigenvalue weighted by molar-refractivity contribution is -0.151. The lowest BCUT2D eigenvalue weighted by Gasteiger charge is -2.30. The third kappa shape index (κ3) is 4.17. The standard InChI is InChI=1S/C24H26O6/c1-5-30-24(26)22-19(18-10-7-11-21(28-3)23(18)29-4)13-16(14-20(22)25)15-8-6-9-17(12-15)27-2/h6-12,14,19,22H,5,13H2,1-4H3/t19-,22+/m1/s1. The quantitative estimate of drug-likeness (QED) is 0.507. The van der Waals surface area contributed by atoms with Crippen molar-refractivity contribution in [3.05, 3.63) is 59.7 Å². The summed E-state index contributed by atoms with van der Waals surface area (Å²) < 4.78 is 21.6. The molecule has 3 rings (SSSR count). The average Bonchev–Trinajstić information content (AvgIpc) is 2.77. The maximum Gasteiger partial charge on any atom is 0.317 e. The van der Waals surface area contributed by atoms with Crippen molar-refractivity contribution in [3.63, 3.8) is 0 Å². The van der Waals surface area contributed by atoms with Crippen molar-refractivity contribution in [1.29, 1.82) is 0 Å². The first-order valence-electron chi connectivity index (χ1n) is 9.80. The van der Waals surface area contributed by atoms with Gasteiger partial charge in [-0.1, -0.05) is 24.3 Å². The molecular formula is C24H26O6. The van der Waals surface area contributed by atoms with Gasteiger partial charge in [-0.05, 0) is 48.8 Å². The summed E-state index contributed by atoms with van der Waals surface area (Å²) in [5.74, 6) is -0.454. The fourth-order valence-electron chi connectivity index (χ4n) is 3.90. The Morgan fingerprint density at radius 2 is 1.80 bits per heavy atom. The van der Waals surface area contributed by atoms with Crippen LogP contribution in [0, 0.1) is 5.92 Å². The van der Waals surface area contributed by atoms with Crippen LogP contribution in [-0.4, -0.2) is 39.7 Å². The minimum atomic E-state index is -0.944. The lowest BCUT2D eigenvalue weighted by Crippen LogP contribution is -2.34. The molecule has 0 bridgehead atoms. The summed E-state index contributed by atoms with van der Waals surface area (Å²) >= 11 is 0. The van der Waals surface area contributed by atoms with Crippen LogP contribution in [0.15, 0.2) is 48.5 Å². The van der Waals surface area contributed by atoms with Crippen LogP contribution in [0.1, 0.15) is 30.4 Å². The number of hydrogen-bond donors (Lipinski definition) is 0. The van der Waals surface area contributed by atoms with E-state index < -0.39 is 17.8 Å². The third-order valence-electron chi connectivity index (χ3n) is 5.28. The highest BCUT2D eigenvalue weighted by atomic mass is 16.5. The molecule has 0 heterocycles. The average molecular weight is 410 g/mol. The Labute approximate surface area is 176 Å². The second-order valence-corrected chi connectivity index (χ2v) is 6.93. The summed E-state index contributed by atoms with van der Waals surface area (Å²) in [6.07, 6.45) is 2.01. The number of para-hydroxylation sites is 1. The number of ketones is 1. The predicted octanol–water partition coefficient (Wildman–Crippen LogP) is 4.03. The van der Waals surface area contributed by atoms with Gasteiger partial charge in [0.2, 0.25) is 0 Å². The minimum Gasteiger partial charge on any atom is -0.497 e. The molecule has 2 atom stereocenters. The summed E-state index contributed by atoms with van der Waals surface area (Å²) in [5, 5.41) is 0. The first-order chi connectivity index (χ1) is 14.5. The van der Waals surface area contributed by atoms with Gasteiger partial charge in [-0.2, -0.15) is 0 Å². The van der Waals surface area contributed by atoms with Crippen LogP contribution in [0.4, 0.5) is 0 Å². The Bertz CT molecular complexity index is 962. The highest BCUT2D eigenvalue weighted by molar-refractivity contribution is 6.10. The van der Waals surface area contributed by atoms with Crippen molar-refractivity contribution >= 4 is 17.3 Å². The zero-order chi connectivity index (χ0) is 21.7. The Hall–Kier alpha value is -3.28. The molecule has 0 aromatic heterocycles. The number of hydrogen-bond acceptors (Lipinski definition) is 6. The lowest BCUT2D eigenvalue weighted by atomic mass is 9.73. The Kier molecular flexibility index (Phi) is 6.77. The molecule has 0 saturated carbocycles. The van der Waals surface area contributed by atoms with Crippen LogP contribution in [0.5, 0.6) is 17.2 Å². The molecule has 0 saturated heterocycles. The van der Waals surface area contributed by atoms with E-state index in [-0.39, 0.29) is 12.4 Å². The van der Waals surface area contributed by atoms with Crippen molar-refractivity contribution in [1.82, 2.24) is 0 Å². The van der Waals surface area contributed by atoms with E-state index in [1.165, 1.54) is 0 Å². The molecule has 0 fully saturated rings. The zero-order valence-electron chi connectivity index (χ0n) is 17.6. The van der Waals surface area contributed by atoms with Gasteiger partial charge in [0.05, 0.1) is 27.9 Å². The molecule has 2 aromatic rings. The molecule has 6 nitrogen and oxygen atoms in total. The summed E-state index contributed by atoms with van der Waals surface area (Å²) in [4.78, 5) is 25.8. The molecule has 0 aliphatic heterocycles. The molecular weight excluding hydrogens is 384 g/mol. The molecule has 2 aromatic carbocycles. The van der Waals surface area contributed by atoms with Gasteiger partial charge >= 0.3 is 5.97 Å². The molecule has 0 unspecified atom stereocenters. The number of rotatable bonds is 7. The van der Waals surface area contributed by atoms with Crippen LogP contribution in [0.2, 0.25) is 0 Å². The minimum absolute atomic E-state index is 0.205. The van der Waals surface area contributed by atoms with Gasteiger partial charge in [0.25, 0.3) is 0 Å². The second kappa shape index (κ2) is 9.48. The maximum absolute atomic E-state index is 13.1. The number of methoxy groups -OCH3 is 3. The van der Waals surface area contributed by atoms with Crippen LogP contribution < -0.4 is 14.2 Å². The van der Waals surface area contributed by atoms with Gasteiger partial charge in [0.1, 0.15) is 11.7 Å². The van der Waals surface area contributed by atoms with Gasteiger partial charge < -0.3 is 18.9 Å². The molecule has 0 amide bonds. The van der Waals surface area contributed by atoms with Crippen molar-refractivity contribution in [2.24, 2.45) is 5.92 Å². The summed E-state index contributed by atoms with van der Waals surface area (Å²) in [6.45, 7) is 1.93. The van der Waals surface area contributed by atoms with Gasteiger partial charge in [0.15, 0.2) is 17.3 Å². The van der Waals surface area contributed by atoms with Gasteiger partial charge in [-0.15, -0.1) is 0 Å². The first-order valence-corrected chi connectivity index (χ1v) is 9.80. The SMILES string of the molecule is CCOC(=O)[C@@H]1C(=O)C=C(c2cccc(OC)c2)C[C@@H]1c1cccc(OC)c1OC. The smallest absolute Gasteiger partial charge is 0.317 e. The fourth-order valence-corrected chi connectivity index (χ4v) is 3.90. The Morgan fingerprint density at radius 1 is 1.03 bits per heavy atom. The van der Waals surface area contributed by atoms with Crippen molar-refractivity contribution in [2.75, 3.05) is 27.9 Å². The number of allylic oxidation sites excluding steroid dienone is 2. The van der Waals surface area contributed by atoms with Crippen LogP contribution in [-0.2, 0) is 14.3 Å². The van der Waals surface area contributed by atoms with E-state index in [4.69, 9.17) is 18.9 Å². The van der Waals surface area contributed by atoms with Gasteiger partial charge in [0, 0.05) is 11.5 Å². The Balaban J connectivity index is 2.11. The number of benzene rings is 2. The van der Waals surface area contributed by atoms with E-state index in [0.29, 0.717) is 23.7 Å². The zero-order valence-corrected chi connectivity index (χ0v) is 17.6. The number of carbonyl (C=O) groups is 2. The number of carbonyl (C=O) groups excluding carboxylic acids is 2. The van der Waals surface area contributed by atoms with Crippen LogP contribution in [0.25, 0.3) is 5.57 Å². The predicted molar refractivity (Wildman–Crippen MR) is 113 cm³/mol. The molecule has 30 heavy (non-hydrogen) atoms. The molecule has 0 N–H and O–H groups in total. The highest BCUT2D eigenvalue weighted by Gasteiger charge is 2.41. The summed E-state index contributed by atoms with van der Waals surface area (Å²) in [5.41, 5.74) is 2.43. The van der Waals surface area contributed by atoms with Gasteiger partial charge in [-0.3, -0.25) is 9.59 Å². The van der Waals surface area contributed by atoms with Crippen LogP contribution in [0.3, 0.4) is 0 Å². The van der Waals surface area contributed by atoms with Crippen molar-refractivity contribution in [2.45, 2.75) is 19.3 Å². The fraction of sp³-hybridized carbons (Fsp3) is 0.333. The number of ether oxygens (including phenoxy) is 4. The molecule has 1 aliphatic rings. The largest absolute Gasteiger partial charge is 0.497 e. The first kappa shape index (κ1) is 21.4. The van der Waals surface area contributed by atoms with E-state index in [1.807, 2.05) is 36.4 Å². The topological polar surface area (TPSA) is 71.1 Å². The van der Waals surface area contributed by atoms with E-state index in [1.54, 1.807) is 40.4 Å². The van der Waals surface area contributed by atoms with Crippen molar-refractivity contribution < 1.29 is 28.5 Å². The van der Waals surface area contributed by atoms with E-state index in [9.17, 15) is 9.59 Å². The van der Waals surface area contributed by atoms with Crippen molar-refractivity contribution in [3.8, 4) is 17.2 Å².